The molecule has 0 aromatic heterocycles. The Balaban J connectivity index is 0.000000885. The predicted molar refractivity (Wildman–Crippen MR) is 85.2 cm³/mol. The van der Waals surface area contributed by atoms with Crippen LogP contribution in [0, 0.1) is 0 Å². The molecule has 0 aliphatic rings. The quantitative estimate of drug-likeness (QED) is 0.754. The summed E-state index contributed by atoms with van der Waals surface area (Å²) in [4.78, 5) is 23.2. The molecule has 0 aliphatic heterocycles. The van der Waals surface area contributed by atoms with Crippen molar-refractivity contribution in [3.63, 3.8) is 0 Å². The molecule has 118 valence electrons. The fourth-order valence-corrected chi connectivity index (χ4v) is 2.65. The smallest absolute Gasteiger partial charge is 0.336 e. The molecule has 0 saturated carbocycles. The Hall–Kier alpha value is -1.53. The summed E-state index contributed by atoms with van der Waals surface area (Å²) in [5.74, 6) is -0.762. The SMILES string of the molecule is CC(=O)O.CCN(CC)CCSc1ccccc1C(=O)O. The molecule has 1 aromatic rings. The van der Waals surface area contributed by atoms with E-state index >= 15 is 0 Å². The van der Waals surface area contributed by atoms with E-state index in [1.165, 1.54) is 0 Å². The molecule has 0 fully saturated rings. The second-order valence-electron chi connectivity index (χ2n) is 4.20. The van der Waals surface area contributed by atoms with E-state index in [0.29, 0.717) is 5.56 Å². The van der Waals surface area contributed by atoms with E-state index in [-0.39, 0.29) is 0 Å². The minimum absolute atomic E-state index is 0.400. The highest BCUT2D eigenvalue weighted by molar-refractivity contribution is 7.99. The highest BCUT2D eigenvalue weighted by atomic mass is 32.2. The summed E-state index contributed by atoms with van der Waals surface area (Å²) >= 11 is 1.61. The zero-order valence-corrected chi connectivity index (χ0v) is 13.5. The molecule has 1 rings (SSSR count). The van der Waals surface area contributed by atoms with Crippen molar-refractivity contribution in [1.29, 1.82) is 0 Å². The molecule has 0 atom stereocenters. The first-order valence-electron chi connectivity index (χ1n) is 6.79. The van der Waals surface area contributed by atoms with Gasteiger partial charge in [-0.15, -0.1) is 11.8 Å². The Morgan fingerprint density at radius 2 is 1.67 bits per heavy atom. The number of thioether (sulfide) groups is 1. The molecular weight excluding hydrogens is 290 g/mol. The molecule has 0 bridgehead atoms. The number of aliphatic carboxylic acids is 1. The number of rotatable bonds is 7. The van der Waals surface area contributed by atoms with Crippen molar-refractivity contribution in [3.8, 4) is 0 Å². The first-order chi connectivity index (χ1) is 9.92. The van der Waals surface area contributed by atoms with Gasteiger partial charge in [0.15, 0.2) is 0 Å². The van der Waals surface area contributed by atoms with Gasteiger partial charge in [-0.05, 0) is 25.2 Å². The zero-order chi connectivity index (χ0) is 16.3. The van der Waals surface area contributed by atoms with E-state index < -0.39 is 11.9 Å². The van der Waals surface area contributed by atoms with E-state index in [2.05, 4.69) is 18.7 Å². The number of aromatic carboxylic acids is 1. The number of nitrogens with zero attached hydrogens (tertiary/aromatic N) is 1. The summed E-state index contributed by atoms with van der Waals surface area (Å²) in [6.45, 7) is 8.43. The number of hydrogen-bond donors (Lipinski definition) is 2. The lowest BCUT2D eigenvalue weighted by Gasteiger charge is -2.17. The lowest BCUT2D eigenvalue weighted by molar-refractivity contribution is -0.134. The number of carbonyl (C=O) groups is 2. The molecule has 2 N–H and O–H groups in total. The molecule has 21 heavy (non-hydrogen) atoms. The van der Waals surface area contributed by atoms with Crippen LogP contribution in [0.2, 0.25) is 0 Å². The van der Waals surface area contributed by atoms with E-state index in [4.69, 9.17) is 15.0 Å². The average Bonchev–Trinajstić information content (AvgIpc) is 2.43. The Bertz CT molecular complexity index is 443. The van der Waals surface area contributed by atoms with Gasteiger partial charge in [0.05, 0.1) is 5.56 Å². The summed E-state index contributed by atoms with van der Waals surface area (Å²) in [5.41, 5.74) is 0.400. The van der Waals surface area contributed by atoms with Crippen molar-refractivity contribution in [2.45, 2.75) is 25.7 Å². The van der Waals surface area contributed by atoms with Crippen LogP contribution in [0.1, 0.15) is 31.1 Å². The number of hydrogen-bond acceptors (Lipinski definition) is 4. The second-order valence-corrected chi connectivity index (χ2v) is 5.33. The van der Waals surface area contributed by atoms with Gasteiger partial charge in [-0.2, -0.15) is 0 Å². The van der Waals surface area contributed by atoms with Crippen LogP contribution >= 0.6 is 11.8 Å². The van der Waals surface area contributed by atoms with Crippen molar-refractivity contribution in [3.05, 3.63) is 29.8 Å². The van der Waals surface area contributed by atoms with Gasteiger partial charge in [0.1, 0.15) is 0 Å². The molecule has 0 aliphatic carbocycles. The Morgan fingerprint density at radius 3 is 2.14 bits per heavy atom. The maximum absolute atomic E-state index is 11.0. The summed E-state index contributed by atoms with van der Waals surface area (Å²) in [5, 5.41) is 16.5. The molecule has 0 saturated heterocycles. The third kappa shape index (κ3) is 9.10. The maximum Gasteiger partial charge on any atom is 0.336 e. The fourth-order valence-electron chi connectivity index (χ4n) is 1.59. The first-order valence-corrected chi connectivity index (χ1v) is 7.77. The average molecular weight is 313 g/mol. The Morgan fingerprint density at radius 1 is 1.14 bits per heavy atom. The van der Waals surface area contributed by atoms with Gasteiger partial charge >= 0.3 is 5.97 Å². The number of benzene rings is 1. The van der Waals surface area contributed by atoms with E-state index in [9.17, 15) is 4.79 Å². The molecule has 0 unspecified atom stereocenters. The topological polar surface area (TPSA) is 77.8 Å². The highest BCUT2D eigenvalue weighted by Gasteiger charge is 2.09. The molecule has 0 heterocycles. The normalized spacial score (nSPS) is 9.90. The van der Waals surface area contributed by atoms with Crippen LogP contribution in [0.15, 0.2) is 29.2 Å². The van der Waals surface area contributed by atoms with Gasteiger partial charge in [0.25, 0.3) is 5.97 Å². The summed E-state index contributed by atoms with van der Waals surface area (Å²) in [6.07, 6.45) is 0. The van der Waals surface area contributed by atoms with E-state index in [0.717, 1.165) is 37.2 Å². The Kier molecular flexibility index (Phi) is 10.4. The standard InChI is InChI=1S/C13H19NO2S.C2H4O2/c1-3-14(4-2)9-10-17-12-8-6-5-7-11(12)13(15)16;1-2(3)4/h5-8H,3-4,9-10H2,1-2H3,(H,15,16);1H3,(H,3,4). The predicted octanol–water partition coefficient (Wildman–Crippen LogP) is 2.91. The monoisotopic (exact) mass is 313 g/mol. The summed E-state index contributed by atoms with van der Waals surface area (Å²) in [7, 11) is 0. The summed E-state index contributed by atoms with van der Waals surface area (Å²) < 4.78 is 0. The molecule has 6 heteroatoms. The van der Waals surface area contributed by atoms with Gasteiger partial charge in [-0.25, -0.2) is 4.79 Å². The minimum atomic E-state index is -0.851. The lowest BCUT2D eigenvalue weighted by atomic mass is 10.2. The van der Waals surface area contributed by atoms with Crippen molar-refractivity contribution >= 4 is 23.7 Å². The van der Waals surface area contributed by atoms with Crippen LogP contribution in [0.4, 0.5) is 0 Å². The highest BCUT2D eigenvalue weighted by Crippen LogP contribution is 2.22. The van der Waals surface area contributed by atoms with Gasteiger partial charge in [-0.3, -0.25) is 4.79 Å². The van der Waals surface area contributed by atoms with E-state index in [1.54, 1.807) is 23.9 Å². The maximum atomic E-state index is 11.0. The van der Waals surface area contributed by atoms with Gasteiger partial charge in [0.2, 0.25) is 0 Å². The zero-order valence-electron chi connectivity index (χ0n) is 12.7. The van der Waals surface area contributed by atoms with Gasteiger partial charge < -0.3 is 15.1 Å². The third-order valence-corrected chi connectivity index (χ3v) is 3.73. The van der Waals surface area contributed by atoms with Gasteiger partial charge in [-0.1, -0.05) is 26.0 Å². The largest absolute Gasteiger partial charge is 0.481 e. The van der Waals surface area contributed by atoms with Crippen molar-refractivity contribution in [2.75, 3.05) is 25.4 Å². The minimum Gasteiger partial charge on any atom is -0.481 e. The van der Waals surface area contributed by atoms with Crippen molar-refractivity contribution in [1.82, 2.24) is 4.90 Å². The first kappa shape index (κ1) is 19.5. The van der Waals surface area contributed by atoms with Crippen LogP contribution in [0.5, 0.6) is 0 Å². The molecule has 0 amide bonds. The Labute approximate surface area is 130 Å². The van der Waals surface area contributed by atoms with E-state index in [1.807, 2.05) is 12.1 Å². The third-order valence-electron chi connectivity index (χ3n) is 2.68. The summed E-state index contributed by atoms with van der Waals surface area (Å²) in [6, 6.07) is 7.17. The van der Waals surface area contributed by atoms with Gasteiger partial charge in [0, 0.05) is 24.1 Å². The second kappa shape index (κ2) is 11.2. The lowest BCUT2D eigenvalue weighted by Crippen LogP contribution is -2.25. The molecule has 0 spiro atoms. The molecular formula is C15H23NO4S. The van der Waals surface area contributed by atoms with Crippen LogP contribution in [-0.4, -0.2) is 52.4 Å². The van der Waals surface area contributed by atoms with Crippen LogP contribution in [0.25, 0.3) is 0 Å². The van der Waals surface area contributed by atoms with Crippen molar-refractivity contribution in [2.24, 2.45) is 0 Å². The fraction of sp³-hybridized carbons (Fsp3) is 0.467. The molecule has 1 aromatic carbocycles. The molecule has 5 nitrogen and oxygen atoms in total. The van der Waals surface area contributed by atoms with Crippen LogP contribution in [0.3, 0.4) is 0 Å². The number of carboxylic acid groups (broad SMARTS) is 2. The van der Waals surface area contributed by atoms with Crippen LogP contribution in [-0.2, 0) is 4.79 Å². The number of carboxylic acids is 2. The van der Waals surface area contributed by atoms with Crippen molar-refractivity contribution < 1.29 is 19.8 Å². The molecule has 0 radical (unpaired) electrons. The van der Waals surface area contributed by atoms with Crippen LogP contribution < -0.4 is 0 Å².